The molecular formula is C10H15N3O2. The fraction of sp³-hybridized carbons (Fsp3) is 0.600. The van der Waals surface area contributed by atoms with Crippen molar-refractivity contribution in [3.05, 3.63) is 18.2 Å². The number of carbonyl (C=O) groups excluding carboxylic acids is 1. The number of aromatic nitrogens is 2. The maximum atomic E-state index is 11.9. The molecule has 0 radical (unpaired) electrons. The fourth-order valence-corrected chi connectivity index (χ4v) is 1.86. The first kappa shape index (κ1) is 10.2. The van der Waals surface area contributed by atoms with Crippen molar-refractivity contribution in [3.8, 4) is 0 Å². The molecule has 1 saturated heterocycles. The van der Waals surface area contributed by atoms with E-state index in [4.69, 9.17) is 0 Å². The number of nitrogens with zero attached hydrogens (tertiary/aromatic N) is 2. The van der Waals surface area contributed by atoms with Crippen LogP contribution in [0.1, 0.15) is 23.8 Å². The molecule has 1 aromatic heterocycles. The Bertz CT molecular complexity index is 336. The summed E-state index contributed by atoms with van der Waals surface area (Å²) < 4.78 is 0. The van der Waals surface area contributed by atoms with Gasteiger partial charge in [0.25, 0.3) is 5.91 Å². The van der Waals surface area contributed by atoms with Gasteiger partial charge in [0.1, 0.15) is 5.69 Å². The Morgan fingerprint density at radius 1 is 1.73 bits per heavy atom. The van der Waals surface area contributed by atoms with E-state index in [2.05, 4.69) is 9.97 Å². The minimum atomic E-state index is -0.282. The van der Waals surface area contributed by atoms with Gasteiger partial charge in [0.15, 0.2) is 0 Å². The van der Waals surface area contributed by atoms with Crippen LogP contribution in [-0.4, -0.2) is 45.1 Å². The average molecular weight is 209 g/mol. The summed E-state index contributed by atoms with van der Waals surface area (Å²) in [6.07, 6.45) is 3.39. The Hall–Kier alpha value is -1.36. The zero-order chi connectivity index (χ0) is 10.8. The van der Waals surface area contributed by atoms with Crippen molar-refractivity contribution >= 4 is 5.91 Å². The molecule has 5 heteroatoms. The number of nitrogens with one attached hydrogen (secondary N) is 1. The Balaban J connectivity index is 2.03. The van der Waals surface area contributed by atoms with Gasteiger partial charge < -0.3 is 15.0 Å². The van der Waals surface area contributed by atoms with Gasteiger partial charge in [-0.3, -0.25) is 4.79 Å². The van der Waals surface area contributed by atoms with Crippen molar-refractivity contribution in [1.82, 2.24) is 14.9 Å². The second-order valence-corrected chi connectivity index (χ2v) is 4.05. The summed E-state index contributed by atoms with van der Waals surface area (Å²) >= 11 is 0. The summed E-state index contributed by atoms with van der Waals surface area (Å²) in [6.45, 7) is 3.18. The van der Waals surface area contributed by atoms with Crippen molar-refractivity contribution in [2.75, 3.05) is 13.1 Å². The minimum absolute atomic E-state index is 0.0359. The third kappa shape index (κ3) is 2.02. The number of hydrogen-bond acceptors (Lipinski definition) is 3. The van der Waals surface area contributed by atoms with E-state index < -0.39 is 0 Å². The van der Waals surface area contributed by atoms with Crippen LogP contribution in [0.5, 0.6) is 0 Å². The Labute approximate surface area is 88.1 Å². The average Bonchev–Trinajstić information content (AvgIpc) is 2.74. The van der Waals surface area contributed by atoms with Gasteiger partial charge in [-0.05, 0) is 12.3 Å². The molecule has 2 heterocycles. The summed E-state index contributed by atoms with van der Waals surface area (Å²) in [4.78, 5) is 20.3. The van der Waals surface area contributed by atoms with Crippen molar-refractivity contribution in [1.29, 1.82) is 0 Å². The zero-order valence-electron chi connectivity index (χ0n) is 8.68. The van der Waals surface area contributed by atoms with Crippen LogP contribution in [0.15, 0.2) is 12.5 Å². The smallest absolute Gasteiger partial charge is 0.271 e. The van der Waals surface area contributed by atoms with Crippen molar-refractivity contribution in [2.45, 2.75) is 19.4 Å². The van der Waals surface area contributed by atoms with E-state index in [1.165, 1.54) is 12.5 Å². The highest BCUT2D eigenvalue weighted by Crippen LogP contribution is 2.17. The SMILES string of the molecule is CC1CN(C(=O)c2cnc[nH]2)CCC1O. The van der Waals surface area contributed by atoms with Crippen LogP contribution in [0.4, 0.5) is 0 Å². The van der Waals surface area contributed by atoms with Gasteiger partial charge >= 0.3 is 0 Å². The largest absolute Gasteiger partial charge is 0.393 e. The lowest BCUT2D eigenvalue weighted by Crippen LogP contribution is -2.45. The van der Waals surface area contributed by atoms with Gasteiger partial charge in [-0.25, -0.2) is 4.98 Å². The first-order chi connectivity index (χ1) is 7.18. The summed E-state index contributed by atoms with van der Waals surface area (Å²) in [7, 11) is 0. The van der Waals surface area contributed by atoms with E-state index in [1.807, 2.05) is 6.92 Å². The number of hydrogen-bond donors (Lipinski definition) is 2. The van der Waals surface area contributed by atoms with E-state index in [-0.39, 0.29) is 17.9 Å². The van der Waals surface area contributed by atoms with Crippen LogP contribution >= 0.6 is 0 Å². The molecule has 0 aromatic carbocycles. The molecule has 0 spiro atoms. The molecule has 2 atom stereocenters. The van der Waals surface area contributed by atoms with E-state index in [0.717, 1.165) is 0 Å². The molecule has 2 unspecified atom stereocenters. The van der Waals surface area contributed by atoms with Gasteiger partial charge in [0, 0.05) is 13.1 Å². The Kier molecular flexibility index (Phi) is 2.73. The van der Waals surface area contributed by atoms with E-state index in [1.54, 1.807) is 4.90 Å². The van der Waals surface area contributed by atoms with Gasteiger partial charge in [-0.2, -0.15) is 0 Å². The number of piperidine rings is 1. The van der Waals surface area contributed by atoms with Crippen molar-refractivity contribution in [3.63, 3.8) is 0 Å². The Morgan fingerprint density at radius 2 is 2.53 bits per heavy atom. The first-order valence-corrected chi connectivity index (χ1v) is 5.14. The maximum Gasteiger partial charge on any atom is 0.271 e. The van der Waals surface area contributed by atoms with Gasteiger partial charge in [-0.1, -0.05) is 6.92 Å². The molecule has 0 saturated carbocycles. The highest BCUT2D eigenvalue weighted by atomic mass is 16.3. The number of aliphatic hydroxyl groups excluding tert-OH is 1. The molecule has 0 aliphatic carbocycles. The zero-order valence-corrected chi connectivity index (χ0v) is 8.68. The predicted molar refractivity (Wildman–Crippen MR) is 54.3 cm³/mol. The summed E-state index contributed by atoms with van der Waals surface area (Å²) in [6, 6.07) is 0. The third-order valence-electron chi connectivity index (χ3n) is 2.88. The van der Waals surface area contributed by atoms with E-state index in [9.17, 15) is 9.90 Å². The molecule has 15 heavy (non-hydrogen) atoms. The quantitative estimate of drug-likeness (QED) is 0.696. The maximum absolute atomic E-state index is 11.9. The molecule has 1 fully saturated rings. The second-order valence-electron chi connectivity index (χ2n) is 4.05. The monoisotopic (exact) mass is 209 g/mol. The molecular weight excluding hydrogens is 194 g/mol. The number of aromatic amines is 1. The molecule has 5 nitrogen and oxygen atoms in total. The topological polar surface area (TPSA) is 69.2 Å². The number of likely N-dealkylation sites (tertiary alicyclic amines) is 1. The number of imidazole rings is 1. The second kappa shape index (κ2) is 4.02. The number of amides is 1. The highest BCUT2D eigenvalue weighted by molar-refractivity contribution is 5.92. The van der Waals surface area contributed by atoms with Crippen LogP contribution in [0.2, 0.25) is 0 Å². The molecule has 1 amide bonds. The normalized spacial score (nSPS) is 26.7. The molecule has 82 valence electrons. The lowest BCUT2D eigenvalue weighted by atomic mass is 9.96. The van der Waals surface area contributed by atoms with Gasteiger partial charge in [0.05, 0.1) is 18.6 Å². The highest BCUT2D eigenvalue weighted by Gasteiger charge is 2.28. The summed E-state index contributed by atoms with van der Waals surface area (Å²) in [5.74, 6) is 0.108. The number of H-pyrrole nitrogens is 1. The van der Waals surface area contributed by atoms with Crippen LogP contribution in [0, 0.1) is 5.92 Å². The van der Waals surface area contributed by atoms with Crippen LogP contribution in [0.3, 0.4) is 0 Å². The minimum Gasteiger partial charge on any atom is -0.393 e. The van der Waals surface area contributed by atoms with Crippen molar-refractivity contribution in [2.24, 2.45) is 5.92 Å². The standard InChI is InChI=1S/C10H15N3O2/c1-7-5-13(3-2-9(7)14)10(15)8-4-11-6-12-8/h4,6-7,9,14H,2-3,5H2,1H3,(H,11,12). The predicted octanol–water partition coefficient (Wildman–Crippen LogP) is 0.253. The lowest BCUT2D eigenvalue weighted by Gasteiger charge is -2.34. The molecule has 0 bridgehead atoms. The van der Waals surface area contributed by atoms with Crippen LogP contribution < -0.4 is 0 Å². The molecule has 2 N–H and O–H groups in total. The molecule has 1 aliphatic heterocycles. The van der Waals surface area contributed by atoms with E-state index in [0.29, 0.717) is 25.2 Å². The van der Waals surface area contributed by atoms with Gasteiger partial charge in [-0.15, -0.1) is 0 Å². The van der Waals surface area contributed by atoms with E-state index >= 15 is 0 Å². The van der Waals surface area contributed by atoms with Crippen LogP contribution in [0.25, 0.3) is 0 Å². The third-order valence-corrected chi connectivity index (χ3v) is 2.88. The first-order valence-electron chi connectivity index (χ1n) is 5.14. The summed E-state index contributed by atoms with van der Waals surface area (Å²) in [5.41, 5.74) is 0.513. The number of carbonyl (C=O) groups is 1. The van der Waals surface area contributed by atoms with Crippen molar-refractivity contribution < 1.29 is 9.90 Å². The van der Waals surface area contributed by atoms with Crippen LogP contribution in [-0.2, 0) is 0 Å². The number of rotatable bonds is 1. The Morgan fingerprint density at radius 3 is 3.13 bits per heavy atom. The number of aliphatic hydroxyl groups is 1. The summed E-state index contributed by atoms with van der Waals surface area (Å²) in [5, 5.41) is 9.55. The fourth-order valence-electron chi connectivity index (χ4n) is 1.86. The molecule has 1 aromatic rings. The molecule has 1 aliphatic rings. The van der Waals surface area contributed by atoms with Gasteiger partial charge in [0.2, 0.25) is 0 Å². The molecule has 2 rings (SSSR count). The lowest BCUT2D eigenvalue weighted by molar-refractivity contribution is 0.0294.